The summed E-state index contributed by atoms with van der Waals surface area (Å²) in [5.74, 6) is 2.55. The fraction of sp³-hybridized carbons (Fsp3) is 0.759. The van der Waals surface area contributed by atoms with E-state index in [4.69, 9.17) is 10.2 Å². The van der Waals surface area contributed by atoms with E-state index in [0.717, 1.165) is 63.1 Å². The molecule has 5 rings (SSSR count). The molecule has 1 aromatic rings. The normalized spacial score (nSPS) is 37.1. The first-order chi connectivity index (χ1) is 16.1. The number of rotatable bonds is 5. The van der Waals surface area contributed by atoms with Crippen LogP contribution in [0.3, 0.4) is 0 Å². The van der Waals surface area contributed by atoms with Gasteiger partial charge in [-0.1, -0.05) is 32.4 Å². The van der Waals surface area contributed by atoms with E-state index in [1.54, 1.807) is 12.5 Å². The molecule has 0 spiro atoms. The average Bonchev–Trinajstić information content (AvgIpc) is 3.11. The van der Waals surface area contributed by atoms with Crippen molar-refractivity contribution in [2.45, 2.75) is 104 Å². The zero-order valence-electron chi connectivity index (χ0n) is 21.8. The van der Waals surface area contributed by atoms with E-state index in [1.807, 2.05) is 0 Å². The lowest BCUT2D eigenvalue weighted by molar-refractivity contribution is -0.119. The first-order valence-corrected chi connectivity index (χ1v) is 13.6. The number of allylic oxidation sites excluding steroid dienone is 1. The number of fused-ring (bicyclic) bond motifs is 7. The molecule has 1 aromatic heterocycles. The minimum absolute atomic E-state index is 0.0397. The maximum atomic E-state index is 11.2. The number of hydrogen-bond donors (Lipinski definition) is 2. The topological polar surface area (TPSA) is 75.1 Å². The second-order valence-corrected chi connectivity index (χ2v) is 12.5. The summed E-state index contributed by atoms with van der Waals surface area (Å²) in [5, 5.41) is 22.8. The molecule has 34 heavy (non-hydrogen) atoms. The average molecular weight is 466 g/mol. The van der Waals surface area contributed by atoms with Crippen molar-refractivity contribution in [3.05, 3.63) is 34.2 Å². The molecule has 0 unspecified atom stereocenters. The summed E-state index contributed by atoms with van der Waals surface area (Å²) in [6, 6.07) is 0. The van der Waals surface area contributed by atoms with Gasteiger partial charge in [0.05, 0.1) is 17.5 Å². The van der Waals surface area contributed by atoms with Crippen molar-refractivity contribution < 1.29 is 9.90 Å². The number of hydrogen-bond acceptors (Lipinski definition) is 4. The smallest absolute Gasteiger partial charge is 0.216 e. The first kappa shape index (κ1) is 24.0. The Bertz CT molecular complexity index is 1000. The van der Waals surface area contributed by atoms with Crippen LogP contribution in [0.4, 0.5) is 0 Å². The van der Waals surface area contributed by atoms with Crippen molar-refractivity contribution in [3.8, 4) is 0 Å². The minimum Gasteiger partial charge on any atom is -0.393 e. The van der Waals surface area contributed by atoms with Crippen molar-refractivity contribution >= 4 is 5.91 Å². The van der Waals surface area contributed by atoms with Gasteiger partial charge >= 0.3 is 0 Å². The lowest BCUT2D eigenvalue weighted by Gasteiger charge is -2.57. The molecule has 7 atom stereocenters. The fourth-order valence-corrected chi connectivity index (χ4v) is 8.41. The van der Waals surface area contributed by atoms with Crippen LogP contribution in [0.1, 0.15) is 95.2 Å². The molecule has 4 aliphatic rings. The molecule has 2 saturated carbocycles. The SMILES string of the molecule is CC(=O)NC[C@H](C)CCc1nnc2c(c1C)[C@@]1(C)CC[C@@H]3[C@H](CC=C4C[C@H](O)CC[C@@]43C)[C@H]1C2. The van der Waals surface area contributed by atoms with Gasteiger partial charge in [-0.05, 0) is 110 Å². The van der Waals surface area contributed by atoms with Gasteiger partial charge < -0.3 is 10.4 Å². The van der Waals surface area contributed by atoms with E-state index in [2.05, 4.69) is 39.1 Å². The van der Waals surface area contributed by atoms with Gasteiger partial charge in [0, 0.05) is 13.5 Å². The summed E-state index contributed by atoms with van der Waals surface area (Å²) in [7, 11) is 0. The minimum atomic E-state index is -0.141. The Hall–Kier alpha value is -1.75. The lowest BCUT2D eigenvalue weighted by atomic mass is 9.47. The largest absolute Gasteiger partial charge is 0.393 e. The number of aliphatic hydroxyl groups excluding tert-OH is 1. The van der Waals surface area contributed by atoms with Crippen molar-refractivity contribution in [2.75, 3.05) is 6.54 Å². The highest BCUT2D eigenvalue weighted by Crippen LogP contribution is 2.64. The Kier molecular flexibility index (Phi) is 6.15. The molecule has 2 fully saturated rings. The van der Waals surface area contributed by atoms with Crippen LogP contribution in [0.15, 0.2) is 11.6 Å². The van der Waals surface area contributed by atoms with Gasteiger partial charge in [-0.25, -0.2) is 0 Å². The van der Waals surface area contributed by atoms with Crippen molar-refractivity contribution in [2.24, 2.45) is 29.1 Å². The van der Waals surface area contributed by atoms with Gasteiger partial charge in [0.25, 0.3) is 0 Å². The zero-order valence-corrected chi connectivity index (χ0v) is 21.8. The van der Waals surface area contributed by atoms with E-state index in [1.165, 1.54) is 29.7 Å². The summed E-state index contributed by atoms with van der Waals surface area (Å²) in [4.78, 5) is 11.2. The second kappa shape index (κ2) is 8.72. The third-order valence-electron chi connectivity index (χ3n) is 10.4. The number of aryl methyl sites for hydroxylation is 1. The number of aliphatic hydroxyl groups is 1. The van der Waals surface area contributed by atoms with Gasteiger partial charge in [0.2, 0.25) is 5.91 Å². The molecular weight excluding hydrogens is 422 g/mol. The molecule has 4 aliphatic carbocycles. The molecule has 5 nitrogen and oxygen atoms in total. The monoisotopic (exact) mass is 465 g/mol. The highest BCUT2D eigenvalue weighted by molar-refractivity contribution is 5.72. The van der Waals surface area contributed by atoms with Crippen molar-refractivity contribution in [1.29, 1.82) is 0 Å². The predicted molar refractivity (Wildman–Crippen MR) is 134 cm³/mol. The van der Waals surface area contributed by atoms with E-state index >= 15 is 0 Å². The molecule has 186 valence electrons. The van der Waals surface area contributed by atoms with Gasteiger partial charge in [-0.3, -0.25) is 4.79 Å². The van der Waals surface area contributed by atoms with Gasteiger partial charge in [-0.15, -0.1) is 0 Å². The van der Waals surface area contributed by atoms with Crippen LogP contribution < -0.4 is 5.32 Å². The van der Waals surface area contributed by atoms with Gasteiger partial charge in [0.15, 0.2) is 0 Å². The van der Waals surface area contributed by atoms with E-state index in [-0.39, 0.29) is 22.8 Å². The molecule has 2 N–H and O–H groups in total. The highest BCUT2D eigenvalue weighted by atomic mass is 16.3. The number of nitrogens with one attached hydrogen (secondary N) is 1. The summed E-state index contributed by atoms with van der Waals surface area (Å²) in [6.45, 7) is 11.8. The maximum Gasteiger partial charge on any atom is 0.216 e. The molecule has 0 radical (unpaired) electrons. The summed E-state index contributed by atoms with van der Waals surface area (Å²) < 4.78 is 0. The number of aromatic nitrogens is 2. The van der Waals surface area contributed by atoms with Crippen molar-refractivity contribution in [3.63, 3.8) is 0 Å². The maximum absolute atomic E-state index is 11.2. The third kappa shape index (κ3) is 3.83. The van der Waals surface area contributed by atoms with Gasteiger partial charge in [-0.2, -0.15) is 10.2 Å². The van der Waals surface area contributed by atoms with E-state index in [0.29, 0.717) is 17.8 Å². The summed E-state index contributed by atoms with van der Waals surface area (Å²) >= 11 is 0. The Labute approximate surface area is 205 Å². The van der Waals surface area contributed by atoms with Crippen molar-refractivity contribution in [1.82, 2.24) is 15.5 Å². The second-order valence-electron chi connectivity index (χ2n) is 12.5. The van der Waals surface area contributed by atoms with E-state index < -0.39 is 0 Å². The molecule has 1 heterocycles. The molecule has 1 amide bonds. The number of carbonyl (C=O) groups is 1. The standard InChI is InChI=1S/C29H43N3O2/c1-17(16-30-19(3)33)6-9-25-18(2)27-26(32-31-25)15-24-22-8-7-20-14-21(34)10-12-28(20,4)23(22)11-13-29(24,27)5/h7,17,21-24,34H,6,8-16H2,1-5H3,(H,30,33)/t17-,21-,22+,23-,24-,28+,29+/m1/s1. The zero-order chi connectivity index (χ0) is 24.3. The Morgan fingerprint density at radius 3 is 2.71 bits per heavy atom. The Balaban J connectivity index is 1.37. The first-order valence-electron chi connectivity index (χ1n) is 13.6. The molecular formula is C29H43N3O2. The summed E-state index contributed by atoms with van der Waals surface area (Å²) in [6.07, 6.45) is 12.0. The number of amides is 1. The van der Waals surface area contributed by atoms with Crippen LogP contribution in [-0.2, 0) is 23.1 Å². The molecule has 0 bridgehead atoms. The van der Waals surface area contributed by atoms with Crippen LogP contribution in [0.2, 0.25) is 0 Å². The summed E-state index contributed by atoms with van der Waals surface area (Å²) in [5.41, 5.74) is 7.29. The van der Waals surface area contributed by atoms with Crippen LogP contribution in [0.5, 0.6) is 0 Å². The fourth-order valence-electron chi connectivity index (χ4n) is 8.41. The molecule has 0 saturated heterocycles. The van der Waals surface area contributed by atoms with Crippen LogP contribution in [0, 0.1) is 36.0 Å². The lowest BCUT2D eigenvalue weighted by Crippen LogP contribution is -2.51. The van der Waals surface area contributed by atoms with Crippen LogP contribution in [-0.4, -0.2) is 33.9 Å². The molecule has 0 aromatic carbocycles. The van der Waals surface area contributed by atoms with Gasteiger partial charge in [0.1, 0.15) is 0 Å². The molecule has 5 heteroatoms. The highest BCUT2D eigenvalue weighted by Gasteiger charge is 2.58. The Morgan fingerprint density at radius 2 is 1.94 bits per heavy atom. The predicted octanol–water partition coefficient (Wildman–Crippen LogP) is 4.83. The quantitative estimate of drug-likeness (QED) is 0.611. The van der Waals surface area contributed by atoms with Crippen LogP contribution >= 0.6 is 0 Å². The van der Waals surface area contributed by atoms with E-state index in [9.17, 15) is 9.90 Å². The number of nitrogens with zero attached hydrogens (tertiary/aromatic N) is 2. The van der Waals surface area contributed by atoms with Crippen LogP contribution in [0.25, 0.3) is 0 Å². The number of carbonyl (C=O) groups excluding carboxylic acids is 1. The third-order valence-corrected chi connectivity index (χ3v) is 10.4. The Morgan fingerprint density at radius 1 is 1.18 bits per heavy atom. The molecule has 0 aliphatic heterocycles.